The zero-order chi connectivity index (χ0) is 13.5. The highest BCUT2D eigenvalue weighted by molar-refractivity contribution is 5.33. The van der Waals surface area contributed by atoms with Crippen LogP contribution in [-0.2, 0) is 6.54 Å². The van der Waals surface area contributed by atoms with Crippen LogP contribution in [0.25, 0.3) is 0 Å². The SMILES string of the molecule is Nc1ccc(=O)n(CCCCOc2ccccc2)c1. The highest BCUT2D eigenvalue weighted by Gasteiger charge is 1.97. The molecule has 2 rings (SSSR count). The molecule has 0 aliphatic rings. The Labute approximate surface area is 112 Å². The molecule has 19 heavy (non-hydrogen) atoms. The highest BCUT2D eigenvalue weighted by Crippen LogP contribution is 2.09. The predicted molar refractivity (Wildman–Crippen MR) is 76.3 cm³/mol. The molecule has 0 spiro atoms. The molecule has 0 bridgehead atoms. The zero-order valence-electron chi connectivity index (χ0n) is 10.8. The molecule has 4 nitrogen and oxygen atoms in total. The molecule has 0 unspecified atom stereocenters. The van der Waals surface area contributed by atoms with Gasteiger partial charge in [0.1, 0.15) is 5.75 Å². The third-order valence-corrected chi connectivity index (χ3v) is 2.81. The summed E-state index contributed by atoms with van der Waals surface area (Å²) in [6.07, 6.45) is 3.46. The van der Waals surface area contributed by atoms with Gasteiger partial charge < -0.3 is 15.0 Å². The maximum absolute atomic E-state index is 11.5. The van der Waals surface area contributed by atoms with Crippen molar-refractivity contribution in [3.8, 4) is 5.75 Å². The smallest absolute Gasteiger partial charge is 0.250 e. The van der Waals surface area contributed by atoms with Gasteiger partial charge in [-0.25, -0.2) is 0 Å². The van der Waals surface area contributed by atoms with E-state index in [1.807, 2.05) is 30.3 Å². The van der Waals surface area contributed by atoms with Gasteiger partial charge in [0.25, 0.3) is 5.56 Å². The molecule has 0 fully saturated rings. The minimum atomic E-state index is -0.0156. The molecule has 0 saturated carbocycles. The average molecular weight is 258 g/mol. The molecule has 1 heterocycles. The topological polar surface area (TPSA) is 57.2 Å². The number of aromatic nitrogens is 1. The Morgan fingerprint density at radius 2 is 1.84 bits per heavy atom. The molecular weight excluding hydrogens is 240 g/mol. The number of hydrogen-bond donors (Lipinski definition) is 1. The van der Waals surface area contributed by atoms with Crippen LogP contribution in [0, 0.1) is 0 Å². The molecular formula is C15H18N2O2. The van der Waals surface area contributed by atoms with Gasteiger partial charge in [-0.05, 0) is 31.0 Å². The lowest BCUT2D eigenvalue weighted by molar-refractivity contribution is 0.303. The number of nitrogen functional groups attached to an aromatic ring is 1. The van der Waals surface area contributed by atoms with Gasteiger partial charge in [-0.15, -0.1) is 0 Å². The van der Waals surface area contributed by atoms with Gasteiger partial charge in [0.05, 0.1) is 6.61 Å². The molecule has 4 heteroatoms. The van der Waals surface area contributed by atoms with Gasteiger partial charge in [-0.1, -0.05) is 18.2 Å². The van der Waals surface area contributed by atoms with Gasteiger partial charge in [-0.2, -0.15) is 0 Å². The van der Waals surface area contributed by atoms with Crippen molar-refractivity contribution < 1.29 is 4.74 Å². The zero-order valence-corrected chi connectivity index (χ0v) is 10.8. The molecule has 1 aromatic carbocycles. The monoisotopic (exact) mass is 258 g/mol. The normalized spacial score (nSPS) is 10.3. The fourth-order valence-corrected chi connectivity index (χ4v) is 1.82. The number of rotatable bonds is 6. The number of unbranched alkanes of at least 4 members (excludes halogenated alkanes) is 1. The Kier molecular flexibility index (Phi) is 4.61. The van der Waals surface area contributed by atoms with Crippen molar-refractivity contribution >= 4 is 5.69 Å². The largest absolute Gasteiger partial charge is 0.494 e. The minimum absolute atomic E-state index is 0.0156. The van der Waals surface area contributed by atoms with Crippen LogP contribution in [0.5, 0.6) is 5.75 Å². The number of ether oxygens (including phenoxy) is 1. The van der Waals surface area contributed by atoms with Crippen molar-refractivity contribution in [2.75, 3.05) is 12.3 Å². The first-order chi connectivity index (χ1) is 9.25. The van der Waals surface area contributed by atoms with Crippen molar-refractivity contribution in [3.63, 3.8) is 0 Å². The van der Waals surface area contributed by atoms with E-state index in [9.17, 15) is 4.79 Å². The third-order valence-electron chi connectivity index (χ3n) is 2.81. The van der Waals surface area contributed by atoms with Crippen LogP contribution < -0.4 is 16.0 Å². The highest BCUT2D eigenvalue weighted by atomic mass is 16.5. The molecule has 0 radical (unpaired) electrons. The number of aryl methyl sites for hydroxylation is 1. The van der Waals surface area contributed by atoms with E-state index < -0.39 is 0 Å². The first-order valence-electron chi connectivity index (χ1n) is 6.39. The maximum atomic E-state index is 11.5. The van der Waals surface area contributed by atoms with Crippen LogP contribution in [0.2, 0.25) is 0 Å². The summed E-state index contributed by atoms with van der Waals surface area (Å²) in [5.74, 6) is 0.878. The Morgan fingerprint density at radius 1 is 1.05 bits per heavy atom. The van der Waals surface area contributed by atoms with E-state index in [0.29, 0.717) is 18.8 Å². The number of benzene rings is 1. The van der Waals surface area contributed by atoms with Gasteiger partial charge in [0.15, 0.2) is 0 Å². The van der Waals surface area contributed by atoms with Crippen LogP contribution in [0.4, 0.5) is 5.69 Å². The number of anilines is 1. The van der Waals surface area contributed by atoms with Crippen molar-refractivity contribution in [2.45, 2.75) is 19.4 Å². The molecule has 1 aromatic heterocycles. The summed E-state index contributed by atoms with van der Waals surface area (Å²) in [5, 5.41) is 0. The maximum Gasteiger partial charge on any atom is 0.250 e. The average Bonchev–Trinajstić information content (AvgIpc) is 2.43. The fourth-order valence-electron chi connectivity index (χ4n) is 1.82. The summed E-state index contributed by atoms with van der Waals surface area (Å²) in [7, 11) is 0. The van der Waals surface area contributed by atoms with Crippen molar-refractivity contribution in [2.24, 2.45) is 0 Å². The number of para-hydroxylation sites is 1. The second-order valence-electron chi connectivity index (χ2n) is 4.36. The van der Waals surface area contributed by atoms with Gasteiger partial charge >= 0.3 is 0 Å². The molecule has 0 aliphatic carbocycles. The Balaban J connectivity index is 1.72. The Hall–Kier alpha value is -2.23. The van der Waals surface area contributed by atoms with Crippen LogP contribution in [0.1, 0.15) is 12.8 Å². The fraction of sp³-hybridized carbons (Fsp3) is 0.267. The molecule has 0 aliphatic heterocycles. The standard InChI is InChI=1S/C15H18N2O2/c16-13-8-9-15(18)17(12-13)10-4-5-11-19-14-6-2-1-3-7-14/h1-3,6-9,12H,4-5,10-11,16H2. The Bertz CT molecular complexity index is 564. The lowest BCUT2D eigenvalue weighted by Crippen LogP contribution is -2.19. The lowest BCUT2D eigenvalue weighted by atomic mass is 10.3. The summed E-state index contributed by atoms with van der Waals surface area (Å²) in [4.78, 5) is 11.5. The molecule has 0 amide bonds. The first-order valence-corrected chi connectivity index (χ1v) is 6.39. The quantitative estimate of drug-likeness (QED) is 0.809. The van der Waals surface area contributed by atoms with Gasteiger partial charge in [-0.3, -0.25) is 4.79 Å². The Morgan fingerprint density at radius 3 is 2.63 bits per heavy atom. The van der Waals surface area contributed by atoms with Crippen LogP contribution in [-0.4, -0.2) is 11.2 Å². The number of pyridine rings is 1. The van der Waals surface area contributed by atoms with Crippen LogP contribution in [0.15, 0.2) is 53.5 Å². The number of nitrogens with zero attached hydrogens (tertiary/aromatic N) is 1. The van der Waals surface area contributed by atoms with Gasteiger partial charge in [0, 0.05) is 24.5 Å². The van der Waals surface area contributed by atoms with Gasteiger partial charge in [0.2, 0.25) is 0 Å². The van der Waals surface area contributed by atoms with E-state index in [0.717, 1.165) is 18.6 Å². The van der Waals surface area contributed by atoms with Crippen LogP contribution in [0.3, 0.4) is 0 Å². The summed E-state index contributed by atoms with van der Waals surface area (Å²) >= 11 is 0. The predicted octanol–water partition coefficient (Wildman–Crippen LogP) is 2.29. The van der Waals surface area contributed by atoms with E-state index in [2.05, 4.69) is 0 Å². The summed E-state index contributed by atoms with van der Waals surface area (Å²) in [6, 6.07) is 12.8. The van der Waals surface area contributed by atoms with E-state index in [1.165, 1.54) is 6.07 Å². The second-order valence-corrected chi connectivity index (χ2v) is 4.36. The molecule has 0 atom stereocenters. The first kappa shape index (κ1) is 13.2. The summed E-state index contributed by atoms with van der Waals surface area (Å²) < 4.78 is 7.22. The van der Waals surface area contributed by atoms with E-state index in [4.69, 9.17) is 10.5 Å². The lowest BCUT2D eigenvalue weighted by Gasteiger charge is -2.07. The van der Waals surface area contributed by atoms with E-state index in [-0.39, 0.29) is 5.56 Å². The second kappa shape index (κ2) is 6.64. The molecule has 2 aromatic rings. The number of hydrogen-bond acceptors (Lipinski definition) is 3. The molecule has 100 valence electrons. The molecule has 0 saturated heterocycles. The summed E-state index contributed by atoms with van der Waals surface area (Å²) in [6.45, 7) is 1.32. The van der Waals surface area contributed by atoms with Crippen molar-refractivity contribution in [3.05, 3.63) is 59.0 Å². The minimum Gasteiger partial charge on any atom is -0.494 e. The number of nitrogens with two attached hydrogens (primary N) is 1. The third kappa shape index (κ3) is 4.17. The van der Waals surface area contributed by atoms with E-state index >= 15 is 0 Å². The van der Waals surface area contributed by atoms with Crippen LogP contribution >= 0.6 is 0 Å². The molecule has 2 N–H and O–H groups in total. The van der Waals surface area contributed by atoms with Crippen molar-refractivity contribution in [1.29, 1.82) is 0 Å². The summed E-state index contributed by atoms with van der Waals surface area (Å²) in [5.41, 5.74) is 6.25. The van der Waals surface area contributed by atoms with E-state index in [1.54, 1.807) is 16.8 Å². The van der Waals surface area contributed by atoms with Crippen molar-refractivity contribution in [1.82, 2.24) is 4.57 Å².